The van der Waals surface area contributed by atoms with Gasteiger partial charge >= 0.3 is 0 Å². The van der Waals surface area contributed by atoms with Gasteiger partial charge in [0.05, 0.1) is 0 Å². The molecule has 1 aromatic carbocycles. The lowest BCUT2D eigenvalue weighted by atomic mass is 9.91. The van der Waals surface area contributed by atoms with Crippen LogP contribution in [-0.4, -0.2) is 23.2 Å². The Bertz CT molecular complexity index is 374. The Balaban J connectivity index is 2.18. The number of hydrogen-bond acceptors (Lipinski definition) is 2. The van der Waals surface area contributed by atoms with Crippen LogP contribution in [0, 0.1) is 0 Å². The van der Waals surface area contributed by atoms with Gasteiger partial charge in [-0.05, 0) is 47.5 Å². The average Bonchev–Trinajstić information content (AvgIpc) is 2.38. The summed E-state index contributed by atoms with van der Waals surface area (Å²) in [6, 6.07) is 6.30. The minimum absolute atomic E-state index is 0.170. The monoisotopic (exact) mass is 270 g/mol. The van der Waals surface area contributed by atoms with E-state index in [1.807, 2.05) is 24.8 Å². The van der Waals surface area contributed by atoms with Crippen molar-refractivity contribution in [2.24, 2.45) is 0 Å². The van der Waals surface area contributed by atoms with Gasteiger partial charge < -0.3 is 5.11 Å². The zero-order chi connectivity index (χ0) is 12.3. The molecule has 1 fully saturated rings. The van der Waals surface area contributed by atoms with E-state index in [-0.39, 0.29) is 12.5 Å². The van der Waals surface area contributed by atoms with E-state index in [0.717, 1.165) is 10.6 Å². The van der Waals surface area contributed by atoms with Gasteiger partial charge in [0, 0.05) is 17.5 Å². The summed E-state index contributed by atoms with van der Waals surface area (Å²) in [6.07, 6.45) is 2.47. The van der Waals surface area contributed by atoms with Crippen molar-refractivity contribution >= 4 is 23.4 Å². The first kappa shape index (κ1) is 13.3. The van der Waals surface area contributed by atoms with Crippen molar-refractivity contribution in [2.75, 3.05) is 18.1 Å². The Morgan fingerprint density at radius 1 is 1.41 bits per heavy atom. The van der Waals surface area contributed by atoms with Crippen molar-refractivity contribution < 1.29 is 5.11 Å². The van der Waals surface area contributed by atoms with Crippen molar-refractivity contribution in [1.82, 2.24) is 0 Å². The van der Waals surface area contributed by atoms with Crippen LogP contribution >= 0.6 is 23.4 Å². The van der Waals surface area contributed by atoms with Gasteiger partial charge in [0.2, 0.25) is 0 Å². The first-order valence-corrected chi connectivity index (χ1v) is 7.73. The molecule has 1 unspecified atom stereocenters. The Morgan fingerprint density at radius 3 is 2.71 bits per heavy atom. The molecule has 3 heteroatoms. The molecule has 1 N–H and O–H groups in total. The molecule has 1 nitrogen and oxygen atoms in total. The van der Waals surface area contributed by atoms with E-state index in [4.69, 9.17) is 16.7 Å². The van der Waals surface area contributed by atoms with E-state index < -0.39 is 0 Å². The minimum Gasteiger partial charge on any atom is -0.396 e. The standard InChI is InChI=1S/C14H19ClOS/c1-10(9-16)12-2-3-13(14(15)8-12)11-4-6-17-7-5-11/h2-3,8,10-11,16H,4-7,9H2,1H3. The number of rotatable bonds is 3. The largest absolute Gasteiger partial charge is 0.396 e. The maximum atomic E-state index is 9.15. The van der Waals surface area contributed by atoms with Gasteiger partial charge in [-0.15, -0.1) is 0 Å². The van der Waals surface area contributed by atoms with Gasteiger partial charge in [-0.3, -0.25) is 0 Å². The van der Waals surface area contributed by atoms with Crippen molar-refractivity contribution in [2.45, 2.75) is 31.6 Å². The number of hydrogen-bond donors (Lipinski definition) is 1. The van der Waals surface area contributed by atoms with Crippen LogP contribution in [0.1, 0.15) is 42.7 Å². The van der Waals surface area contributed by atoms with Crippen molar-refractivity contribution in [3.8, 4) is 0 Å². The van der Waals surface area contributed by atoms with Crippen LogP contribution in [0.15, 0.2) is 18.2 Å². The highest BCUT2D eigenvalue weighted by Gasteiger charge is 2.18. The molecule has 0 aliphatic carbocycles. The molecular formula is C14H19ClOS. The van der Waals surface area contributed by atoms with E-state index in [9.17, 15) is 0 Å². The maximum Gasteiger partial charge on any atom is 0.0497 e. The smallest absolute Gasteiger partial charge is 0.0497 e. The van der Waals surface area contributed by atoms with E-state index in [2.05, 4.69) is 12.1 Å². The van der Waals surface area contributed by atoms with E-state index >= 15 is 0 Å². The second-order valence-corrected chi connectivity index (χ2v) is 6.38. The summed E-state index contributed by atoms with van der Waals surface area (Å²) in [5.74, 6) is 3.29. The predicted molar refractivity (Wildman–Crippen MR) is 76.3 cm³/mol. The third-order valence-corrected chi connectivity index (χ3v) is 4.90. The lowest BCUT2D eigenvalue weighted by molar-refractivity contribution is 0.273. The molecule has 1 aliphatic rings. The highest BCUT2D eigenvalue weighted by atomic mass is 35.5. The zero-order valence-electron chi connectivity index (χ0n) is 10.2. The Kier molecular flexibility index (Phi) is 4.78. The number of benzene rings is 1. The molecule has 0 amide bonds. The first-order valence-electron chi connectivity index (χ1n) is 6.20. The molecule has 0 radical (unpaired) electrons. The van der Waals surface area contributed by atoms with E-state index in [1.54, 1.807) is 0 Å². The molecule has 2 rings (SSSR count). The SMILES string of the molecule is CC(CO)c1ccc(C2CCSCC2)c(Cl)c1. The Labute approximate surface area is 113 Å². The third-order valence-electron chi connectivity index (χ3n) is 3.53. The van der Waals surface area contributed by atoms with Crippen molar-refractivity contribution in [3.63, 3.8) is 0 Å². The summed E-state index contributed by atoms with van der Waals surface area (Å²) in [7, 11) is 0. The topological polar surface area (TPSA) is 20.2 Å². The lowest BCUT2D eigenvalue weighted by Gasteiger charge is -2.23. The highest BCUT2D eigenvalue weighted by Crippen LogP contribution is 2.36. The summed E-state index contributed by atoms with van der Waals surface area (Å²) in [5, 5.41) is 10.0. The van der Waals surface area contributed by atoms with Crippen LogP contribution in [0.2, 0.25) is 5.02 Å². The van der Waals surface area contributed by atoms with Gasteiger partial charge in [-0.1, -0.05) is 30.7 Å². The summed E-state index contributed by atoms with van der Waals surface area (Å²) in [6.45, 7) is 2.19. The molecule has 1 saturated heterocycles. The lowest BCUT2D eigenvalue weighted by Crippen LogP contribution is -2.09. The van der Waals surface area contributed by atoms with Gasteiger partial charge in [-0.2, -0.15) is 11.8 Å². The molecule has 94 valence electrons. The van der Waals surface area contributed by atoms with Crippen LogP contribution < -0.4 is 0 Å². The summed E-state index contributed by atoms with van der Waals surface area (Å²) in [4.78, 5) is 0. The molecule has 1 heterocycles. The van der Waals surface area contributed by atoms with Crippen LogP contribution in [0.3, 0.4) is 0 Å². The molecule has 1 aliphatic heterocycles. The van der Waals surface area contributed by atoms with Crippen LogP contribution in [0.4, 0.5) is 0 Å². The number of aliphatic hydroxyl groups excluding tert-OH is 1. The third kappa shape index (κ3) is 3.18. The van der Waals surface area contributed by atoms with Gasteiger partial charge in [0.1, 0.15) is 0 Å². The second-order valence-electron chi connectivity index (χ2n) is 4.75. The fourth-order valence-corrected chi connectivity index (χ4v) is 3.74. The summed E-state index contributed by atoms with van der Waals surface area (Å²) in [5.41, 5.74) is 2.42. The molecular weight excluding hydrogens is 252 g/mol. The molecule has 0 saturated carbocycles. The molecule has 1 atom stereocenters. The molecule has 17 heavy (non-hydrogen) atoms. The van der Waals surface area contributed by atoms with Crippen molar-refractivity contribution in [1.29, 1.82) is 0 Å². The number of aliphatic hydroxyl groups is 1. The number of thioether (sulfide) groups is 1. The van der Waals surface area contributed by atoms with Gasteiger partial charge in [0.15, 0.2) is 0 Å². The Hall–Kier alpha value is -0.180. The minimum atomic E-state index is 0.170. The van der Waals surface area contributed by atoms with Gasteiger partial charge in [-0.25, -0.2) is 0 Å². The molecule has 0 bridgehead atoms. The van der Waals surface area contributed by atoms with Crippen molar-refractivity contribution in [3.05, 3.63) is 34.3 Å². The fourth-order valence-electron chi connectivity index (χ4n) is 2.29. The number of halogens is 1. The predicted octanol–water partition coefficient (Wildman–Crippen LogP) is 4.05. The van der Waals surface area contributed by atoms with Crippen LogP contribution in [0.25, 0.3) is 0 Å². The fraction of sp³-hybridized carbons (Fsp3) is 0.571. The normalized spacial score (nSPS) is 19.2. The highest BCUT2D eigenvalue weighted by molar-refractivity contribution is 7.99. The van der Waals surface area contributed by atoms with Crippen LogP contribution in [0.5, 0.6) is 0 Å². The quantitative estimate of drug-likeness (QED) is 0.894. The van der Waals surface area contributed by atoms with Crippen LogP contribution in [-0.2, 0) is 0 Å². The average molecular weight is 271 g/mol. The first-order chi connectivity index (χ1) is 8.22. The molecule has 0 aromatic heterocycles. The maximum absolute atomic E-state index is 9.15. The zero-order valence-corrected chi connectivity index (χ0v) is 11.7. The molecule has 0 spiro atoms. The molecule has 1 aromatic rings. The summed E-state index contributed by atoms with van der Waals surface area (Å²) < 4.78 is 0. The van der Waals surface area contributed by atoms with E-state index in [1.165, 1.54) is 29.9 Å². The van der Waals surface area contributed by atoms with E-state index in [0.29, 0.717) is 5.92 Å². The Morgan fingerprint density at radius 2 is 2.12 bits per heavy atom. The summed E-state index contributed by atoms with van der Waals surface area (Å²) >= 11 is 8.41. The van der Waals surface area contributed by atoms with Gasteiger partial charge in [0.25, 0.3) is 0 Å². The second kappa shape index (κ2) is 6.12.